The quantitative estimate of drug-likeness (QED) is 0.454. The summed E-state index contributed by atoms with van der Waals surface area (Å²) in [7, 11) is 1.72. The largest absolute Gasteiger partial charge is 0.573 e. The van der Waals surface area contributed by atoms with E-state index < -0.39 is 6.36 Å². The van der Waals surface area contributed by atoms with Gasteiger partial charge in [-0.05, 0) is 37.3 Å². The molecule has 3 aliphatic rings. The highest BCUT2D eigenvalue weighted by molar-refractivity contribution is 5.79. The Bertz CT molecular complexity index is 1320. The number of aryl methyl sites for hydroxylation is 2. The van der Waals surface area contributed by atoms with Gasteiger partial charge in [0.25, 0.3) is 0 Å². The number of carbonyl (C=O) groups excluding carboxylic acids is 1. The van der Waals surface area contributed by atoms with Gasteiger partial charge in [0.15, 0.2) is 5.82 Å². The molecule has 1 aromatic carbocycles. The van der Waals surface area contributed by atoms with Crippen LogP contribution in [0.2, 0.25) is 0 Å². The van der Waals surface area contributed by atoms with E-state index in [0.29, 0.717) is 42.5 Å². The first-order valence-electron chi connectivity index (χ1n) is 12.8. The highest BCUT2D eigenvalue weighted by Gasteiger charge is 2.36. The lowest BCUT2D eigenvalue weighted by molar-refractivity contribution is -0.274. The van der Waals surface area contributed by atoms with Crippen LogP contribution in [0.25, 0.3) is 11.1 Å². The standard InChI is InChI=1S/C26H29F3N6O2/c1-32-14-18(13-30-32)20-11-17-5-4-9-34(23(17)12-24(20)37-26(27,28)29)25-21-15-33(16-36)10-8-22(21)35(31-25)19-6-2-3-7-19/h11-14,16,19H,2-10,15H2,1H3. The van der Waals surface area contributed by atoms with E-state index in [1.807, 2.05) is 4.90 Å². The molecule has 0 bridgehead atoms. The molecular formula is C26H29F3N6O2. The molecule has 1 fully saturated rings. The van der Waals surface area contributed by atoms with Gasteiger partial charge in [0.2, 0.25) is 6.41 Å². The molecule has 1 aliphatic carbocycles. The van der Waals surface area contributed by atoms with Crippen LogP contribution in [0.4, 0.5) is 24.7 Å². The van der Waals surface area contributed by atoms with Crippen LogP contribution in [0.5, 0.6) is 5.75 Å². The number of aromatic nitrogens is 4. The van der Waals surface area contributed by atoms with Gasteiger partial charge in [-0.1, -0.05) is 12.8 Å². The molecule has 196 valence electrons. The van der Waals surface area contributed by atoms with Crippen molar-refractivity contribution in [2.45, 2.75) is 63.9 Å². The van der Waals surface area contributed by atoms with Crippen molar-refractivity contribution >= 4 is 17.9 Å². The number of carbonyl (C=O) groups is 1. The van der Waals surface area contributed by atoms with Crippen molar-refractivity contribution in [3.8, 4) is 16.9 Å². The molecule has 1 amide bonds. The van der Waals surface area contributed by atoms with Gasteiger partial charge < -0.3 is 14.5 Å². The molecule has 2 aromatic heterocycles. The lowest BCUT2D eigenvalue weighted by Gasteiger charge is -2.32. The number of anilines is 2. The van der Waals surface area contributed by atoms with E-state index in [-0.39, 0.29) is 5.75 Å². The molecular weight excluding hydrogens is 485 g/mol. The molecule has 0 spiro atoms. The summed E-state index contributed by atoms with van der Waals surface area (Å²) in [6.45, 7) is 1.72. The third-order valence-corrected chi connectivity index (χ3v) is 7.71. The zero-order chi connectivity index (χ0) is 25.7. The van der Waals surface area contributed by atoms with Crippen molar-refractivity contribution in [2.75, 3.05) is 18.0 Å². The minimum atomic E-state index is -4.83. The average molecular weight is 515 g/mol. The van der Waals surface area contributed by atoms with Crippen LogP contribution in [0.15, 0.2) is 24.5 Å². The van der Waals surface area contributed by atoms with Crippen LogP contribution in [-0.4, -0.2) is 50.3 Å². The number of halogens is 3. The maximum Gasteiger partial charge on any atom is 0.573 e. The normalized spacial score (nSPS) is 18.2. The van der Waals surface area contributed by atoms with E-state index in [1.165, 1.54) is 6.07 Å². The first-order valence-corrected chi connectivity index (χ1v) is 12.8. The fraction of sp³-hybridized carbons (Fsp3) is 0.500. The molecule has 0 radical (unpaired) electrons. The second kappa shape index (κ2) is 9.11. The summed E-state index contributed by atoms with van der Waals surface area (Å²) in [5.74, 6) is 0.478. The highest BCUT2D eigenvalue weighted by atomic mass is 19.4. The van der Waals surface area contributed by atoms with Crippen molar-refractivity contribution in [3.63, 3.8) is 0 Å². The molecule has 4 heterocycles. The fourth-order valence-electron chi connectivity index (χ4n) is 6.04. The van der Waals surface area contributed by atoms with Crippen LogP contribution in [0.3, 0.4) is 0 Å². The maximum atomic E-state index is 13.5. The molecule has 0 saturated heterocycles. The first-order chi connectivity index (χ1) is 17.8. The first kappa shape index (κ1) is 23.9. The van der Waals surface area contributed by atoms with Crippen LogP contribution in [-0.2, 0) is 31.2 Å². The number of hydrogen-bond donors (Lipinski definition) is 0. The second-order valence-corrected chi connectivity index (χ2v) is 10.1. The lowest BCUT2D eigenvalue weighted by Crippen LogP contribution is -2.32. The fourth-order valence-corrected chi connectivity index (χ4v) is 6.04. The number of amides is 1. The number of ether oxygens (including phenoxy) is 1. The number of benzene rings is 1. The maximum absolute atomic E-state index is 13.5. The Morgan fingerprint density at radius 3 is 2.62 bits per heavy atom. The zero-order valence-corrected chi connectivity index (χ0v) is 20.7. The van der Waals surface area contributed by atoms with Gasteiger partial charge in [-0.15, -0.1) is 13.2 Å². The minimum absolute atomic E-state index is 0.259. The summed E-state index contributed by atoms with van der Waals surface area (Å²) in [6, 6.07) is 3.61. The molecule has 1 saturated carbocycles. The predicted molar refractivity (Wildman–Crippen MR) is 131 cm³/mol. The SMILES string of the molecule is Cn1cc(-c2cc3c(cc2OC(F)(F)F)N(c2nn(C4CCCC4)c4c2CN(C=O)CC4)CCC3)cn1. The number of fused-ring (bicyclic) bond motifs is 2. The van der Waals surface area contributed by atoms with Gasteiger partial charge in [-0.25, -0.2) is 0 Å². The Balaban J connectivity index is 1.48. The molecule has 3 aromatic rings. The van der Waals surface area contributed by atoms with E-state index in [1.54, 1.807) is 35.1 Å². The van der Waals surface area contributed by atoms with Crippen molar-refractivity contribution < 1.29 is 22.7 Å². The van der Waals surface area contributed by atoms with Crippen LogP contribution < -0.4 is 9.64 Å². The topological polar surface area (TPSA) is 68.4 Å². The van der Waals surface area contributed by atoms with Crippen molar-refractivity contribution in [3.05, 3.63) is 41.3 Å². The molecule has 2 aliphatic heterocycles. The van der Waals surface area contributed by atoms with Gasteiger partial charge in [0.05, 0.1) is 18.8 Å². The van der Waals surface area contributed by atoms with Gasteiger partial charge in [-0.2, -0.15) is 10.2 Å². The second-order valence-electron chi connectivity index (χ2n) is 10.1. The molecule has 0 atom stereocenters. The average Bonchev–Trinajstić information content (AvgIpc) is 3.62. The Hall–Kier alpha value is -3.50. The van der Waals surface area contributed by atoms with Gasteiger partial charge in [0, 0.05) is 66.9 Å². The van der Waals surface area contributed by atoms with E-state index in [4.69, 9.17) is 5.10 Å². The van der Waals surface area contributed by atoms with Gasteiger partial charge in [-0.3, -0.25) is 14.2 Å². The summed E-state index contributed by atoms with van der Waals surface area (Å²) >= 11 is 0. The molecule has 0 N–H and O–H groups in total. The summed E-state index contributed by atoms with van der Waals surface area (Å²) in [5.41, 5.74) is 4.66. The third-order valence-electron chi connectivity index (χ3n) is 7.71. The Morgan fingerprint density at radius 2 is 1.92 bits per heavy atom. The van der Waals surface area contributed by atoms with E-state index >= 15 is 0 Å². The van der Waals surface area contributed by atoms with E-state index in [2.05, 4.69) is 14.5 Å². The molecule has 11 heteroatoms. The molecule has 6 rings (SSSR count). The Labute approximate surface area is 212 Å². The monoisotopic (exact) mass is 514 g/mol. The number of rotatable bonds is 5. The van der Waals surface area contributed by atoms with E-state index in [0.717, 1.165) is 74.0 Å². The molecule has 8 nitrogen and oxygen atoms in total. The Morgan fingerprint density at radius 1 is 1.11 bits per heavy atom. The third kappa shape index (κ3) is 4.44. The van der Waals surface area contributed by atoms with Gasteiger partial charge >= 0.3 is 6.36 Å². The van der Waals surface area contributed by atoms with Crippen molar-refractivity contribution in [1.29, 1.82) is 0 Å². The highest BCUT2D eigenvalue weighted by Crippen LogP contribution is 2.45. The molecule has 0 unspecified atom stereocenters. The van der Waals surface area contributed by atoms with Crippen molar-refractivity contribution in [1.82, 2.24) is 24.5 Å². The number of hydrogen-bond acceptors (Lipinski definition) is 5. The van der Waals surface area contributed by atoms with Crippen LogP contribution in [0.1, 0.15) is 55.0 Å². The summed E-state index contributed by atoms with van der Waals surface area (Å²) in [6.07, 6.45) is 6.00. The summed E-state index contributed by atoms with van der Waals surface area (Å²) in [5, 5.41) is 9.21. The smallest absolute Gasteiger partial charge is 0.405 e. The minimum Gasteiger partial charge on any atom is -0.405 e. The zero-order valence-electron chi connectivity index (χ0n) is 20.7. The molecule has 37 heavy (non-hydrogen) atoms. The predicted octanol–water partition coefficient (Wildman–Crippen LogP) is 4.90. The number of alkyl halides is 3. The van der Waals surface area contributed by atoms with Crippen LogP contribution in [0, 0.1) is 0 Å². The lowest BCUT2D eigenvalue weighted by atomic mass is 9.95. The van der Waals surface area contributed by atoms with E-state index in [9.17, 15) is 18.0 Å². The Kier molecular flexibility index (Phi) is 5.88. The van der Waals surface area contributed by atoms with Crippen molar-refractivity contribution in [2.24, 2.45) is 7.05 Å². The summed E-state index contributed by atoms with van der Waals surface area (Å²) in [4.78, 5) is 15.4. The van der Waals surface area contributed by atoms with Crippen LogP contribution >= 0.6 is 0 Å². The number of nitrogens with zero attached hydrogens (tertiary/aromatic N) is 6. The summed E-state index contributed by atoms with van der Waals surface area (Å²) < 4.78 is 48.6. The van der Waals surface area contributed by atoms with Gasteiger partial charge in [0.1, 0.15) is 5.75 Å².